The molecule has 0 saturated carbocycles. The highest BCUT2D eigenvalue weighted by molar-refractivity contribution is 7.98. The molecule has 0 saturated heterocycles. The number of anilines is 1. The fraction of sp³-hybridized carbons (Fsp3) is 0.444. The zero-order valence-electron chi connectivity index (χ0n) is 10.8. The van der Waals surface area contributed by atoms with Crippen molar-refractivity contribution < 1.29 is 8.42 Å². The third kappa shape index (κ3) is 3.87. The van der Waals surface area contributed by atoms with Crippen LogP contribution >= 0.6 is 11.8 Å². The van der Waals surface area contributed by atoms with Gasteiger partial charge in [-0.1, -0.05) is 0 Å². The lowest BCUT2D eigenvalue weighted by Gasteiger charge is -2.06. The minimum atomic E-state index is -3.72. The second-order valence-electron chi connectivity index (χ2n) is 3.83. The molecular formula is C9H15N7O2S2. The van der Waals surface area contributed by atoms with Gasteiger partial charge in [0, 0.05) is 31.3 Å². The molecule has 0 radical (unpaired) electrons. The van der Waals surface area contributed by atoms with E-state index in [2.05, 4.69) is 29.4 Å². The normalized spacial score (nSPS) is 16.6. The van der Waals surface area contributed by atoms with Crippen molar-refractivity contribution in [3.05, 3.63) is 11.9 Å². The molecule has 1 aliphatic rings. The molecule has 1 aromatic heterocycles. The Morgan fingerprint density at radius 3 is 2.80 bits per heavy atom. The number of hydrogen-bond donors (Lipinski definition) is 4. The molecule has 1 aliphatic heterocycles. The van der Waals surface area contributed by atoms with Gasteiger partial charge in [-0.25, -0.2) is 4.98 Å². The highest BCUT2D eigenvalue weighted by atomic mass is 32.2. The monoisotopic (exact) mass is 317 g/mol. The summed E-state index contributed by atoms with van der Waals surface area (Å²) in [6.45, 7) is 0.569. The summed E-state index contributed by atoms with van der Waals surface area (Å²) in [4.78, 5) is 6.88. The van der Waals surface area contributed by atoms with E-state index in [1.807, 2.05) is 0 Å². The number of nitrogens with two attached hydrogens (primary N) is 1. The molecule has 1 aromatic rings. The Bertz CT molecular complexity index is 634. The van der Waals surface area contributed by atoms with E-state index in [1.54, 1.807) is 25.0 Å². The number of nitrogens with zero attached hydrogens (tertiary/aromatic N) is 3. The SMILES string of the molecule is CNC1=NS(=O)(=O)N=C1NCCSCc1c[nH]c(N)n1. The second kappa shape index (κ2) is 6.13. The minimum Gasteiger partial charge on any atom is -0.369 e. The summed E-state index contributed by atoms with van der Waals surface area (Å²) in [6, 6.07) is 0. The van der Waals surface area contributed by atoms with Gasteiger partial charge in [0.2, 0.25) is 0 Å². The summed E-state index contributed by atoms with van der Waals surface area (Å²) in [5, 5.41) is 5.62. The predicted octanol–water partition coefficient (Wildman–Crippen LogP) is -0.910. The van der Waals surface area contributed by atoms with Crippen molar-refractivity contribution in [3.8, 4) is 0 Å². The largest absolute Gasteiger partial charge is 0.369 e. The van der Waals surface area contributed by atoms with Crippen LogP contribution in [0.4, 0.5) is 5.95 Å². The highest BCUT2D eigenvalue weighted by Crippen LogP contribution is 2.10. The fourth-order valence-corrected chi connectivity index (χ4v) is 3.07. The first-order chi connectivity index (χ1) is 9.50. The number of amidine groups is 2. The smallest absolute Gasteiger partial charge is 0.367 e. The van der Waals surface area contributed by atoms with Crippen LogP contribution in [0, 0.1) is 0 Å². The number of aromatic amines is 1. The average Bonchev–Trinajstić information content (AvgIpc) is 2.92. The molecular weight excluding hydrogens is 302 g/mol. The zero-order chi connectivity index (χ0) is 14.6. The van der Waals surface area contributed by atoms with E-state index in [0.717, 1.165) is 17.2 Å². The van der Waals surface area contributed by atoms with Gasteiger partial charge in [-0.3, -0.25) is 0 Å². The number of imidazole rings is 1. The molecule has 2 heterocycles. The summed E-state index contributed by atoms with van der Waals surface area (Å²) in [7, 11) is -2.13. The third-order valence-electron chi connectivity index (χ3n) is 2.31. The van der Waals surface area contributed by atoms with Crippen molar-refractivity contribution in [2.45, 2.75) is 5.75 Å². The van der Waals surface area contributed by atoms with Crippen LogP contribution in [0.5, 0.6) is 0 Å². The van der Waals surface area contributed by atoms with E-state index in [-0.39, 0.29) is 11.7 Å². The lowest BCUT2D eigenvalue weighted by Crippen LogP contribution is -2.37. The lowest BCUT2D eigenvalue weighted by molar-refractivity contribution is 0.600. The van der Waals surface area contributed by atoms with Gasteiger partial charge < -0.3 is 21.4 Å². The minimum absolute atomic E-state index is 0.232. The number of rotatable bonds is 5. The van der Waals surface area contributed by atoms with Crippen LogP contribution in [-0.2, 0) is 16.0 Å². The molecule has 0 fully saturated rings. The first kappa shape index (κ1) is 14.7. The first-order valence-electron chi connectivity index (χ1n) is 5.74. The van der Waals surface area contributed by atoms with Gasteiger partial charge >= 0.3 is 10.2 Å². The Morgan fingerprint density at radius 2 is 2.15 bits per heavy atom. The summed E-state index contributed by atoms with van der Waals surface area (Å²) in [5.41, 5.74) is 6.35. The summed E-state index contributed by atoms with van der Waals surface area (Å²) >= 11 is 1.65. The third-order valence-corrected chi connectivity index (χ3v) is 4.13. The van der Waals surface area contributed by atoms with Crippen molar-refractivity contribution in [1.29, 1.82) is 0 Å². The Morgan fingerprint density at radius 1 is 1.40 bits per heavy atom. The van der Waals surface area contributed by atoms with Crippen molar-refractivity contribution in [3.63, 3.8) is 0 Å². The number of hydrogen-bond acceptors (Lipinski definition) is 7. The number of aromatic nitrogens is 2. The molecule has 2 rings (SSSR count). The van der Waals surface area contributed by atoms with Crippen molar-refractivity contribution in [1.82, 2.24) is 20.6 Å². The Hall–Kier alpha value is -1.75. The molecule has 0 unspecified atom stereocenters. The van der Waals surface area contributed by atoms with Gasteiger partial charge in [0.1, 0.15) is 0 Å². The van der Waals surface area contributed by atoms with Crippen LogP contribution in [0.3, 0.4) is 0 Å². The van der Waals surface area contributed by atoms with Crippen molar-refractivity contribution in [2.75, 3.05) is 25.1 Å². The molecule has 0 amide bonds. The van der Waals surface area contributed by atoms with Gasteiger partial charge in [-0.2, -0.15) is 20.2 Å². The van der Waals surface area contributed by atoms with Crippen molar-refractivity contribution >= 4 is 39.6 Å². The Kier molecular flexibility index (Phi) is 4.49. The predicted molar refractivity (Wildman–Crippen MR) is 80.0 cm³/mol. The van der Waals surface area contributed by atoms with Gasteiger partial charge in [-0.05, 0) is 0 Å². The van der Waals surface area contributed by atoms with E-state index in [1.165, 1.54) is 0 Å². The van der Waals surface area contributed by atoms with Gasteiger partial charge in [0.25, 0.3) is 0 Å². The quantitative estimate of drug-likeness (QED) is 0.516. The molecule has 110 valence electrons. The van der Waals surface area contributed by atoms with Crippen molar-refractivity contribution in [2.24, 2.45) is 8.80 Å². The Balaban J connectivity index is 1.73. The van der Waals surface area contributed by atoms with Gasteiger partial charge in [0.05, 0.1) is 5.69 Å². The van der Waals surface area contributed by atoms with Gasteiger partial charge in [0.15, 0.2) is 17.6 Å². The zero-order valence-corrected chi connectivity index (χ0v) is 12.4. The van der Waals surface area contributed by atoms with Crippen LogP contribution in [-0.4, -0.2) is 49.4 Å². The second-order valence-corrected chi connectivity index (χ2v) is 6.20. The van der Waals surface area contributed by atoms with E-state index in [0.29, 0.717) is 12.5 Å². The van der Waals surface area contributed by atoms with E-state index < -0.39 is 10.2 Å². The molecule has 5 N–H and O–H groups in total. The number of nitrogen functional groups attached to an aromatic ring is 1. The van der Waals surface area contributed by atoms with Gasteiger partial charge in [-0.15, -0.1) is 8.80 Å². The van der Waals surface area contributed by atoms with Crippen LogP contribution in [0.2, 0.25) is 0 Å². The summed E-state index contributed by atoms with van der Waals surface area (Å²) < 4.78 is 29.4. The number of likely N-dealkylation sites (N-methyl/N-ethyl adjacent to an activating group) is 1. The van der Waals surface area contributed by atoms with E-state index in [9.17, 15) is 8.42 Å². The van der Waals surface area contributed by atoms with Crippen LogP contribution in [0.1, 0.15) is 5.69 Å². The molecule has 20 heavy (non-hydrogen) atoms. The standard InChI is InChI=1S/C9H15N7O2S2/c1-11-7-8(16-20(17,18)15-7)12-2-3-19-5-6-4-13-9(10)14-6/h4H,2-3,5H2,1H3,(H,11,15)(H,12,16)(H3,10,13,14). The number of H-pyrrole nitrogens is 1. The summed E-state index contributed by atoms with van der Waals surface area (Å²) in [5.74, 6) is 2.38. The molecule has 0 atom stereocenters. The van der Waals surface area contributed by atoms with Crippen LogP contribution < -0.4 is 16.4 Å². The van der Waals surface area contributed by atoms with Crippen LogP contribution in [0.25, 0.3) is 0 Å². The number of thioether (sulfide) groups is 1. The maximum atomic E-state index is 11.2. The Labute approximate surface area is 120 Å². The molecule has 11 heteroatoms. The first-order valence-corrected chi connectivity index (χ1v) is 8.30. The molecule has 0 bridgehead atoms. The summed E-state index contributed by atoms with van der Waals surface area (Å²) in [6.07, 6.45) is 1.76. The molecule has 0 aromatic carbocycles. The lowest BCUT2D eigenvalue weighted by atomic mass is 10.5. The maximum absolute atomic E-state index is 11.2. The molecule has 0 aliphatic carbocycles. The van der Waals surface area contributed by atoms with Crippen LogP contribution in [0.15, 0.2) is 15.0 Å². The molecule has 9 nitrogen and oxygen atoms in total. The topological polar surface area (TPSA) is 138 Å². The average molecular weight is 317 g/mol. The maximum Gasteiger partial charge on any atom is 0.367 e. The fourth-order valence-electron chi connectivity index (χ4n) is 1.49. The van der Waals surface area contributed by atoms with E-state index in [4.69, 9.17) is 5.73 Å². The highest BCUT2D eigenvalue weighted by Gasteiger charge is 2.22. The number of nitrogens with one attached hydrogen (secondary N) is 3. The van der Waals surface area contributed by atoms with E-state index >= 15 is 0 Å². The molecule has 0 spiro atoms.